The van der Waals surface area contributed by atoms with Crippen LogP contribution in [0.15, 0.2) is 55.0 Å². The van der Waals surface area contributed by atoms with Crippen LogP contribution in [0.2, 0.25) is 0 Å². The van der Waals surface area contributed by atoms with E-state index in [1.54, 1.807) is 23.4 Å². The van der Waals surface area contributed by atoms with Gasteiger partial charge in [0, 0.05) is 81.8 Å². The Bertz CT molecular complexity index is 1950. The molecule has 15 heteroatoms. The minimum atomic E-state index is -4.97. The molecule has 1 amide bonds. The van der Waals surface area contributed by atoms with E-state index in [1.807, 2.05) is 30.4 Å². The summed E-state index contributed by atoms with van der Waals surface area (Å²) in [6.07, 6.45) is 9.22. The maximum atomic E-state index is 14.9. The molecule has 2 saturated heterocycles. The number of carboxylic acid groups (broad SMARTS) is 1. The Hall–Kier alpha value is -4.79. The lowest BCUT2D eigenvalue weighted by Gasteiger charge is -2.43. The molecule has 5 heterocycles. The molecular weight excluding hydrogens is 727 g/mol. The van der Waals surface area contributed by atoms with Gasteiger partial charge in [-0.15, -0.1) is 0 Å². The van der Waals surface area contributed by atoms with Crippen molar-refractivity contribution in [1.29, 1.82) is 0 Å². The van der Waals surface area contributed by atoms with Gasteiger partial charge in [0.2, 0.25) is 11.9 Å². The highest BCUT2D eigenvalue weighted by molar-refractivity contribution is 5.96. The second-order valence-corrected chi connectivity index (χ2v) is 16.3. The van der Waals surface area contributed by atoms with Gasteiger partial charge in [0.25, 0.3) is 5.91 Å². The number of anilines is 3. The Labute approximate surface area is 323 Å². The smallest absolute Gasteiger partial charge is 0.434 e. The van der Waals surface area contributed by atoms with Crippen LogP contribution >= 0.6 is 0 Å². The number of hydrogen-bond donors (Lipinski definition) is 2. The van der Waals surface area contributed by atoms with Crippen molar-refractivity contribution in [3.8, 4) is 5.75 Å². The number of piperidine rings is 1. The third kappa shape index (κ3) is 7.66. The zero-order chi connectivity index (χ0) is 39.1. The number of hydrogen-bond acceptors (Lipinski definition) is 10. The van der Waals surface area contributed by atoms with E-state index in [4.69, 9.17) is 9.47 Å². The highest BCUT2D eigenvalue weighted by atomic mass is 19.4. The molecule has 1 spiro atoms. The first-order valence-corrected chi connectivity index (χ1v) is 19.8. The average Bonchev–Trinajstić information content (AvgIpc) is 3.42. The lowest BCUT2D eigenvalue weighted by Crippen LogP contribution is -2.54. The van der Waals surface area contributed by atoms with Crippen LogP contribution in [0.5, 0.6) is 5.75 Å². The quantitative estimate of drug-likeness (QED) is 0.220. The highest BCUT2D eigenvalue weighted by Gasteiger charge is 2.48. The number of alkyl halides is 3. The zero-order valence-electron chi connectivity index (χ0n) is 31.5. The molecule has 2 aliphatic carbocycles. The molecule has 1 aromatic carbocycles. The van der Waals surface area contributed by atoms with Crippen molar-refractivity contribution in [2.75, 3.05) is 42.6 Å². The molecule has 5 aliphatic rings. The number of carboxylic acids is 1. The van der Waals surface area contributed by atoms with Crippen LogP contribution in [-0.4, -0.2) is 81.4 Å². The monoisotopic (exact) mass is 775 g/mol. The molecule has 3 fully saturated rings. The molecule has 4 atom stereocenters. The minimum absolute atomic E-state index is 0.0211. The van der Waals surface area contributed by atoms with Gasteiger partial charge in [-0.05, 0) is 92.5 Å². The molecular formula is C41H48F3N7O5. The summed E-state index contributed by atoms with van der Waals surface area (Å²) in [6, 6.07) is 7.50. The third-order valence-corrected chi connectivity index (χ3v) is 12.6. The van der Waals surface area contributed by atoms with E-state index in [0.717, 1.165) is 63.4 Å². The molecule has 298 valence electrons. The normalized spacial score (nSPS) is 26.1. The van der Waals surface area contributed by atoms with Gasteiger partial charge in [0.05, 0.1) is 11.1 Å². The zero-order valence-corrected chi connectivity index (χ0v) is 31.5. The number of carbonyl (C=O) groups is 2. The predicted octanol–water partition coefficient (Wildman–Crippen LogP) is 6.88. The summed E-state index contributed by atoms with van der Waals surface area (Å²) in [4.78, 5) is 46.9. The molecule has 2 bridgehead atoms. The molecule has 3 aliphatic heterocycles. The van der Waals surface area contributed by atoms with Gasteiger partial charge in [-0.3, -0.25) is 9.59 Å². The minimum Gasteiger partial charge on any atom is -0.490 e. The first-order valence-electron chi connectivity index (χ1n) is 19.8. The fourth-order valence-electron chi connectivity index (χ4n) is 9.85. The largest absolute Gasteiger partial charge is 0.490 e. The van der Waals surface area contributed by atoms with Gasteiger partial charge in [-0.1, -0.05) is 19.1 Å². The first kappa shape index (κ1) is 38.1. The predicted molar refractivity (Wildman–Crippen MR) is 201 cm³/mol. The molecule has 12 nitrogen and oxygen atoms in total. The van der Waals surface area contributed by atoms with E-state index in [-0.39, 0.29) is 30.8 Å². The van der Waals surface area contributed by atoms with Crippen molar-refractivity contribution in [1.82, 2.24) is 25.3 Å². The number of rotatable bonds is 9. The van der Waals surface area contributed by atoms with Crippen LogP contribution in [0, 0.1) is 17.8 Å². The summed E-state index contributed by atoms with van der Waals surface area (Å²) in [5.74, 6) is -0.172. The summed E-state index contributed by atoms with van der Waals surface area (Å²) < 4.78 is 57.1. The van der Waals surface area contributed by atoms with E-state index < -0.39 is 40.3 Å². The number of benzene rings is 1. The second-order valence-electron chi connectivity index (χ2n) is 16.3. The Morgan fingerprint density at radius 3 is 2.55 bits per heavy atom. The number of nitrogens with one attached hydrogen (secondary N) is 1. The van der Waals surface area contributed by atoms with Gasteiger partial charge >= 0.3 is 12.1 Å². The van der Waals surface area contributed by atoms with Crippen molar-refractivity contribution in [2.45, 2.75) is 94.4 Å². The molecule has 3 aromatic rings. The second kappa shape index (κ2) is 15.3. The van der Waals surface area contributed by atoms with Gasteiger partial charge in [-0.2, -0.15) is 13.2 Å². The number of ether oxygens (including phenoxy) is 2. The van der Waals surface area contributed by atoms with E-state index in [0.29, 0.717) is 61.8 Å². The van der Waals surface area contributed by atoms with Crippen LogP contribution in [-0.2, 0) is 21.1 Å². The van der Waals surface area contributed by atoms with E-state index >= 15 is 0 Å². The Morgan fingerprint density at radius 1 is 1.05 bits per heavy atom. The van der Waals surface area contributed by atoms with Crippen molar-refractivity contribution in [2.24, 2.45) is 17.8 Å². The fraction of sp³-hybridized carbons (Fsp3) is 0.561. The maximum absolute atomic E-state index is 14.9. The van der Waals surface area contributed by atoms with Crippen molar-refractivity contribution >= 4 is 29.5 Å². The van der Waals surface area contributed by atoms with Gasteiger partial charge in [-0.25, -0.2) is 19.9 Å². The van der Waals surface area contributed by atoms with Crippen LogP contribution < -0.4 is 19.9 Å². The summed E-state index contributed by atoms with van der Waals surface area (Å²) in [6.45, 7) is 4.99. The van der Waals surface area contributed by atoms with E-state index in [2.05, 4.69) is 37.1 Å². The number of halogens is 3. The molecule has 1 saturated carbocycles. The molecule has 8 rings (SSSR count). The number of aromatic nitrogens is 4. The van der Waals surface area contributed by atoms with Gasteiger partial charge in [0.1, 0.15) is 11.9 Å². The standard InChI is InChI=1S/C41H48F3N7O5/c1-26-20-27-4-2-10-40(11-7-34(52)53,28(21-26)22-27)49-36(54)31-24-47-38(48-35(31)41(42,43)44)51-25-39(12-18-55-19-13-39)32-23-30(5-6-33(32)51)56-29-8-16-50(17-9-29)37-45-14-3-15-46-37/h2-3,5-6,10,14-15,23-24,26-29H,4,7-9,11-13,16-22,25H2,1H3,(H,49,54)(H,52,53). The number of fused-ring (bicyclic) bond motifs is 4. The van der Waals surface area contributed by atoms with Crippen molar-refractivity contribution in [3.05, 3.63) is 71.8 Å². The number of allylic oxidation sites excluding steroid dienone is 1. The van der Waals surface area contributed by atoms with Crippen molar-refractivity contribution < 1.29 is 37.3 Å². The maximum Gasteiger partial charge on any atom is 0.434 e. The van der Waals surface area contributed by atoms with Gasteiger partial charge in [0.15, 0.2) is 5.69 Å². The van der Waals surface area contributed by atoms with E-state index in [1.165, 1.54) is 0 Å². The Balaban J connectivity index is 1.07. The molecule has 4 unspecified atom stereocenters. The van der Waals surface area contributed by atoms with Crippen molar-refractivity contribution in [3.63, 3.8) is 0 Å². The molecule has 2 aromatic heterocycles. The topological polar surface area (TPSA) is 143 Å². The average molecular weight is 776 g/mol. The SMILES string of the molecule is CC1CC2CC=CC(CCC(=O)O)(NC(=O)c3cnc(N4CC5(CCOCC5)c5cc(OC6CCN(c7ncccn7)CC6)ccc54)nc3C(F)(F)F)C(C1)C2. The fourth-order valence-corrected chi connectivity index (χ4v) is 9.85. The number of nitrogens with zero attached hydrogens (tertiary/aromatic N) is 6. The third-order valence-electron chi connectivity index (χ3n) is 12.6. The molecule has 2 N–H and O–H groups in total. The van der Waals surface area contributed by atoms with Crippen LogP contribution in [0.4, 0.5) is 30.8 Å². The first-order chi connectivity index (χ1) is 26.9. The number of amides is 1. The van der Waals surface area contributed by atoms with E-state index in [9.17, 15) is 27.9 Å². The summed E-state index contributed by atoms with van der Waals surface area (Å²) in [5.41, 5.74) is -1.91. The Morgan fingerprint density at radius 2 is 1.82 bits per heavy atom. The number of aliphatic carboxylic acids is 1. The van der Waals surface area contributed by atoms with Crippen LogP contribution in [0.3, 0.4) is 0 Å². The lowest BCUT2D eigenvalue weighted by molar-refractivity contribution is -0.141. The molecule has 56 heavy (non-hydrogen) atoms. The summed E-state index contributed by atoms with van der Waals surface area (Å²) in [5, 5.41) is 12.5. The summed E-state index contributed by atoms with van der Waals surface area (Å²) in [7, 11) is 0. The van der Waals surface area contributed by atoms with Gasteiger partial charge < -0.3 is 29.7 Å². The summed E-state index contributed by atoms with van der Waals surface area (Å²) >= 11 is 0. The highest BCUT2D eigenvalue weighted by Crippen LogP contribution is 2.51. The number of carbonyl (C=O) groups excluding carboxylic acids is 1. The van der Waals surface area contributed by atoms with Crippen LogP contribution in [0.1, 0.15) is 92.7 Å². The van der Waals surface area contributed by atoms with Crippen LogP contribution in [0.25, 0.3) is 0 Å². The lowest BCUT2D eigenvalue weighted by atomic mass is 9.67. The molecule has 0 radical (unpaired) electrons. The Kier molecular flexibility index (Phi) is 10.4.